The van der Waals surface area contributed by atoms with Gasteiger partial charge in [-0.05, 0) is 30.5 Å². The molecule has 1 aliphatic carbocycles. The molecule has 0 bridgehead atoms. The summed E-state index contributed by atoms with van der Waals surface area (Å²) in [6.07, 6.45) is 6.08. The Morgan fingerprint density at radius 3 is 2.88 bits per heavy atom. The molecule has 1 N–H and O–H groups in total. The molecule has 1 heterocycles. The highest BCUT2D eigenvalue weighted by molar-refractivity contribution is 7.16. The number of nitriles is 1. The molecular formula is C20H23N3O2S. The van der Waals surface area contributed by atoms with Crippen LogP contribution in [0.25, 0.3) is 0 Å². The van der Waals surface area contributed by atoms with Crippen molar-refractivity contribution in [3.63, 3.8) is 0 Å². The first-order valence-corrected chi connectivity index (χ1v) is 9.79. The Labute approximate surface area is 157 Å². The molecule has 0 atom stereocenters. The number of thiazole rings is 1. The Balaban J connectivity index is 1.84. The van der Waals surface area contributed by atoms with Crippen molar-refractivity contribution in [3.05, 3.63) is 46.1 Å². The van der Waals surface area contributed by atoms with Gasteiger partial charge in [0.05, 0.1) is 28.9 Å². The zero-order valence-corrected chi connectivity index (χ0v) is 15.8. The molecular weight excluding hydrogens is 346 g/mol. The van der Waals surface area contributed by atoms with Gasteiger partial charge in [0.25, 0.3) is 5.91 Å². The standard InChI is InChI=1S/C20H23N3O2S/c1-14-20(26-18(22-14)10-15-5-2-3-6-15)23(19(25)13-24)12-17-8-4-7-16(9-17)11-21/h4,7-9,15,24H,2-3,5-6,10,12-13H2,1H3. The van der Waals surface area contributed by atoms with Crippen LogP contribution in [0.2, 0.25) is 0 Å². The van der Waals surface area contributed by atoms with Crippen molar-refractivity contribution in [1.29, 1.82) is 5.26 Å². The van der Waals surface area contributed by atoms with Crippen LogP contribution in [0.15, 0.2) is 24.3 Å². The van der Waals surface area contributed by atoms with Gasteiger partial charge >= 0.3 is 0 Å². The van der Waals surface area contributed by atoms with Gasteiger partial charge in [0.1, 0.15) is 11.6 Å². The first-order chi connectivity index (χ1) is 12.6. The predicted molar refractivity (Wildman–Crippen MR) is 102 cm³/mol. The first-order valence-electron chi connectivity index (χ1n) is 8.97. The number of amides is 1. The van der Waals surface area contributed by atoms with Crippen LogP contribution in [0.1, 0.15) is 47.5 Å². The van der Waals surface area contributed by atoms with Gasteiger partial charge in [-0.1, -0.05) is 37.8 Å². The monoisotopic (exact) mass is 369 g/mol. The van der Waals surface area contributed by atoms with Gasteiger partial charge in [-0.2, -0.15) is 5.26 Å². The maximum absolute atomic E-state index is 12.4. The van der Waals surface area contributed by atoms with Crippen LogP contribution in [-0.4, -0.2) is 22.6 Å². The van der Waals surface area contributed by atoms with Gasteiger partial charge in [-0.15, -0.1) is 11.3 Å². The zero-order chi connectivity index (χ0) is 18.5. The number of nitrogens with zero attached hydrogens (tertiary/aromatic N) is 3. The smallest absolute Gasteiger partial charge is 0.253 e. The lowest BCUT2D eigenvalue weighted by Crippen LogP contribution is -2.32. The van der Waals surface area contributed by atoms with E-state index in [1.807, 2.05) is 13.0 Å². The number of carbonyl (C=O) groups is 1. The second-order valence-electron chi connectivity index (χ2n) is 6.80. The minimum atomic E-state index is -0.548. The van der Waals surface area contributed by atoms with Crippen molar-refractivity contribution in [2.45, 2.75) is 45.6 Å². The zero-order valence-electron chi connectivity index (χ0n) is 14.9. The van der Waals surface area contributed by atoms with Gasteiger partial charge < -0.3 is 5.11 Å². The Morgan fingerprint density at radius 1 is 1.42 bits per heavy atom. The third-order valence-corrected chi connectivity index (χ3v) is 6.04. The van der Waals surface area contributed by atoms with Crippen molar-refractivity contribution in [2.24, 2.45) is 5.92 Å². The second kappa shape index (κ2) is 8.43. The summed E-state index contributed by atoms with van der Waals surface area (Å²) in [5.41, 5.74) is 2.24. The molecule has 1 aromatic carbocycles. The molecule has 1 aliphatic rings. The molecule has 5 nitrogen and oxygen atoms in total. The van der Waals surface area contributed by atoms with Gasteiger partial charge in [0, 0.05) is 6.42 Å². The average molecular weight is 369 g/mol. The van der Waals surface area contributed by atoms with Crippen molar-refractivity contribution in [3.8, 4) is 6.07 Å². The third-order valence-electron chi connectivity index (χ3n) is 4.83. The molecule has 6 heteroatoms. The number of aliphatic hydroxyl groups is 1. The van der Waals surface area contributed by atoms with E-state index in [9.17, 15) is 9.90 Å². The summed E-state index contributed by atoms with van der Waals surface area (Å²) in [5.74, 6) is 0.342. The molecule has 0 aliphatic heterocycles. The second-order valence-corrected chi connectivity index (χ2v) is 7.87. The fourth-order valence-electron chi connectivity index (χ4n) is 3.52. The largest absolute Gasteiger partial charge is 0.387 e. The van der Waals surface area contributed by atoms with E-state index in [2.05, 4.69) is 11.1 Å². The van der Waals surface area contributed by atoms with Crippen LogP contribution in [0.3, 0.4) is 0 Å². The molecule has 1 saturated carbocycles. The average Bonchev–Trinajstić information content (AvgIpc) is 3.29. The fraction of sp³-hybridized carbons (Fsp3) is 0.450. The Hall–Kier alpha value is -2.23. The SMILES string of the molecule is Cc1nc(CC2CCCC2)sc1N(Cc1cccc(C#N)c1)C(=O)CO. The lowest BCUT2D eigenvalue weighted by Gasteiger charge is -2.21. The molecule has 0 radical (unpaired) electrons. The maximum atomic E-state index is 12.4. The van der Waals surface area contributed by atoms with Crippen LogP contribution in [0.5, 0.6) is 0 Å². The minimum Gasteiger partial charge on any atom is -0.387 e. The van der Waals surface area contributed by atoms with E-state index in [-0.39, 0.29) is 5.91 Å². The molecule has 1 amide bonds. The van der Waals surface area contributed by atoms with Crippen LogP contribution < -0.4 is 4.90 Å². The minimum absolute atomic E-state index is 0.320. The van der Waals surface area contributed by atoms with E-state index >= 15 is 0 Å². The van der Waals surface area contributed by atoms with Gasteiger partial charge in [0.2, 0.25) is 0 Å². The normalized spacial score (nSPS) is 14.3. The predicted octanol–water partition coefficient (Wildman–Crippen LogP) is 3.58. The number of aryl methyl sites for hydroxylation is 1. The molecule has 2 aromatic rings. The van der Waals surface area contributed by atoms with E-state index in [1.165, 1.54) is 25.7 Å². The number of benzene rings is 1. The van der Waals surface area contributed by atoms with E-state index in [0.717, 1.165) is 27.7 Å². The number of hydrogen-bond acceptors (Lipinski definition) is 5. The molecule has 1 fully saturated rings. The molecule has 3 rings (SSSR count). The number of aromatic nitrogens is 1. The van der Waals surface area contributed by atoms with Crippen LogP contribution in [-0.2, 0) is 17.8 Å². The van der Waals surface area contributed by atoms with Crippen LogP contribution in [0, 0.1) is 24.2 Å². The lowest BCUT2D eigenvalue weighted by atomic mass is 10.1. The molecule has 0 saturated heterocycles. The van der Waals surface area contributed by atoms with Crippen molar-refractivity contribution >= 4 is 22.2 Å². The van der Waals surface area contributed by atoms with Gasteiger partial charge in [0.15, 0.2) is 0 Å². The van der Waals surface area contributed by atoms with E-state index < -0.39 is 6.61 Å². The molecule has 0 unspecified atom stereocenters. The number of hydrogen-bond donors (Lipinski definition) is 1. The third kappa shape index (κ3) is 4.29. The Bertz CT molecular complexity index is 819. The number of rotatable bonds is 6. The summed E-state index contributed by atoms with van der Waals surface area (Å²) in [5, 5.41) is 20.3. The van der Waals surface area contributed by atoms with Crippen molar-refractivity contribution in [2.75, 3.05) is 11.5 Å². The van der Waals surface area contributed by atoms with E-state index in [0.29, 0.717) is 18.0 Å². The summed E-state index contributed by atoms with van der Waals surface area (Å²) in [6, 6.07) is 9.31. The van der Waals surface area contributed by atoms with Crippen molar-refractivity contribution < 1.29 is 9.90 Å². The number of carbonyl (C=O) groups excluding carboxylic acids is 1. The summed E-state index contributed by atoms with van der Waals surface area (Å²) in [4.78, 5) is 18.6. The maximum Gasteiger partial charge on any atom is 0.253 e. The first kappa shape index (κ1) is 18.6. The topological polar surface area (TPSA) is 77.2 Å². The summed E-state index contributed by atoms with van der Waals surface area (Å²) in [6.45, 7) is 1.68. The Morgan fingerprint density at radius 2 is 2.19 bits per heavy atom. The van der Waals surface area contributed by atoms with Crippen LogP contribution in [0.4, 0.5) is 5.00 Å². The summed E-state index contributed by atoms with van der Waals surface area (Å²) in [7, 11) is 0. The molecule has 26 heavy (non-hydrogen) atoms. The van der Waals surface area contributed by atoms with Gasteiger partial charge in [-0.25, -0.2) is 4.98 Å². The molecule has 1 aromatic heterocycles. The highest BCUT2D eigenvalue weighted by atomic mass is 32.1. The summed E-state index contributed by atoms with van der Waals surface area (Å²) < 4.78 is 0. The summed E-state index contributed by atoms with van der Waals surface area (Å²) >= 11 is 1.55. The quantitative estimate of drug-likeness (QED) is 0.844. The molecule has 136 valence electrons. The van der Waals surface area contributed by atoms with Gasteiger partial charge in [-0.3, -0.25) is 9.69 Å². The molecule has 0 spiro atoms. The highest BCUT2D eigenvalue weighted by Gasteiger charge is 2.23. The fourth-order valence-corrected chi connectivity index (χ4v) is 4.72. The Kier molecular flexibility index (Phi) is 6.02. The van der Waals surface area contributed by atoms with E-state index in [4.69, 9.17) is 5.26 Å². The number of anilines is 1. The lowest BCUT2D eigenvalue weighted by molar-refractivity contribution is -0.121. The van der Waals surface area contributed by atoms with E-state index in [1.54, 1.807) is 34.4 Å². The highest BCUT2D eigenvalue weighted by Crippen LogP contribution is 2.34. The van der Waals surface area contributed by atoms with Crippen molar-refractivity contribution in [1.82, 2.24) is 4.98 Å². The number of aliphatic hydroxyl groups excluding tert-OH is 1. The van der Waals surface area contributed by atoms with Crippen LogP contribution >= 0.6 is 11.3 Å².